The molecule has 0 spiro atoms. The second-order valence-electron chi connectivity index (χ2n) is 4.36. The van der Waals surface area contributed by atoms with E-state index < -0.39 is 10.8 Å². The van der Waals surface area contributed by atoms with Gasteiger partial charge >= 0.3 is 0 Å². The number of hydrogen-bond acceptors (Lipinski definition) is 5. The first-order valence-corrected chi connectivity index (χ1v) is 7.72. The van der Waals surface area contributed by atoms with Crippen molar-refractivity contribution in [3.8, 4) is 0 Å². The minimum Gasteiger partial charge on any atom is -0.385 e. The fraction of sp³-hybridized carbons (Fsp3) is 0.500. The van der Waals surface area contributed by atoms with Crippen LogP contribution in [-0.2, 0) is 10.8 Å². The van der Waals surface area contributed by atoms with Gasteiger partial charge in [-0.2, -0.15) is 0 Å². The minimum atomic E-state index is -0.749. The molecule has 6 nitrogen and oxygen atoms in total. The first-order valence-electron chi connectivity index (χ1n) is 6.23. The molecule has 7 heteroatoms. The van der Waals surface area contributed by atoms with Gasteiger partial charge in [0, 0.05) is 65.4 Å². The summed E-state index contributed by atoms with van der Waals surface area (Å²) >= 11 is 0. The van der Waals surface area contributed by atoms with Crippen LogP contribution >= 0.6 is 0 Å². The zero-order valence-electron chi connectivity index (χ0n) is 10.8. The van der Waals surface area contributed by atoms with Crippen LogP contribution in [0.2, 0.25) is 0 Å². The quantitative estimate of drug-likeness (QED) is 0.671. The average Bonchev–Trinajstić information content (AvgIpc) is 2.39. The van der Waals surface area contributed by atoms with Crippen LogP contribution in [0.3, 0.4) is 0 Å². The van der Waals surface area contributed by atoms with Gasteiger partial charge in [-0.15, -0.1) is 0 Å². The molecule has 0 radical (unpaired) electrons. The van der Waals surface area contributed by atoms with Gasteiger partial charge in [0.2, 0.25) is 0 Å². The lowest BCUT2D eigenvalue weighted by Crippen LogP contribution is -2.37. The predicted octanol–water partition coefficient (Wildman–Crippen LogP) is 1.60. The SMILES string of the molecule is CCNc1cc(N2CCS(=O)CC2)cc([N+](=O)[O-])c1. The van der Waals surface area contributed by atoms with Crippen molar-refractivity contribution in [2.24, 2.45) is 0 Å². The maximum absolute atomic E-state index is 11.3. The fourth-order valence-electron chi connectivity index (χ4n) is 2.09. The Kier molecular flexibility index (Phi) is 4.36. The molecule has 1 saturated heterocycles. The third kappa shape index (κ3) is 3.44. The molecule has 104 valence electrons. The molecular formula is C12H17N3O3S. The topological polar surface area (TPSA) is 75.5 Å². The van der Waals surface area contributed by atoms with Crippen molar-refractivity contribution in [3.63, 3.8) is 0 Å². The highest BCUT2D eigenvalue weighted by molar-refractivity contribution is 7.85. The number of rotatable bonds is 4. The zero-order valence-corrected chi connectivity index (χ0v) is 11.6. The summed E-state index contributed by atoms with van der Waals surface area (Å²) in [6.45, 7) is 4.02. The van der Waals surface area contributed by atoms with Crippen molar-refractivity contribution in [1.29, 1.82) is 0 Å². The molecule has 1 fully saturated rings. The normalized spacial score (nSPS) is 16.4. The first-order chi connectivity index (χ1) is 9.10. The second kappa shape index (κ2) is 6.01. The highest BCUT2D eigenvalue weighted by atomic mass is 32.2. The van der Waals surface area contributed by atoms with Crippen molar-refractivity contribution >= 4 is 27.9 Å². The number of benzene rings is 1. The zero-order chi connectivity index (χ0) is 13.8. The van der Waals surface area contributed by atoms with Crippen LogP contribution < -0.4 is 10.2 Å². The summed E-state index contributed by atoms with van der Waals surface area (Å²) in [7, 11) is -0.749. The van der Waals surface area contributed by atoms with Gasteiger partial charge in [-0.05, 0) is 13.0 Å². The van der Waals surface area contributed by atoms with Crippen LogP contribution in [0.4, 0.5) is 17.1 Å². The maximum atomic E-state index is 11.3. The molecule has 0 unspecified atom stereocenters. The van der Waals surface area contributed by atoms with E-state index in [0.29, 0.717) is 31.1 Å². The Hall–Kier alpha value is -1.63. The molecule has 0 amide bonds. The number of anilines is 2. The summed E-state index contributed by atoms with van der Waals surface area (Å²) in [5.74, 6) is 1.25. The monoisotopic (exact) mass is 283 g/mol. The predicted molar refractivity (Wildman–Crippen MR) is 77.3 cm³/mol. The highest BCUT2D eigenvalue weighted by Gasteiger charge is 2.18. The lowest BCUT2D eigenvalue weighted by Gasteiger charge is -2.28. The molecular weight excluding hydrogens is 266 g/mol. The molecule has 1 N–H and O–H groups in total. The standard InChI is InChI=1S/C12H17N3O3S/c1-2-13-10-7-11(9-12(8-10)15(16)17)14-3-5-19(18)6-4-14/h7-9,13H,2-6H2,1H3. The van der Waals surface area contributed by atoms with E-state index in [1.807, 2.05) is 13.0 Å². The average molecular weight is 283 g/mol. The van der Waals surface area contributed by atoms with Crippen molar-refractivity contribution in [2.45, 2.75) is 6.92 Å². The molecule has 1 aliphatic rings. The van der Waals surface area contributed by atoms with Gasteiger partial charge < -0.3 is 10.2 Å². The molecule has 0 atom stereocenters. The summed E-state index contributed by atoms with van der Waals surface area (Å²) in [6.07, 6.45) is 0. The first kappa shape index (κ1) is 13.8. The largest absolute Gasteiger partial charge is 0.385 e. The summed E-state index contributed by atoms with van der Waals surface area (Å²) < 4.78 is 11.3. The van der Waals surface area contributed by atoms with Gasteiger partial charge in [0.05, 0.1) is 4.92 Å². The van der Waals surface area contributed by atoms with E-state index in [1.54, 1.807) is 6.07 Å². The molecule has 1 aromatic carbocycles. The van der Waals surface area contributed by atoms with E-state index in [9.17, 15) is 14.3 Å². The lowest BCUT2D eigenvalue weighted by molar-refractivity contribution is -0.384. The van der Waals surface area contributed by atoms with Crippen LogP contribution in [0.25, 0.3) is 0 Å². The smallest absolute Gasteiger partial charge is 0.273 e. The molecule has 1 aromatic rings. The Labute approximate surface area is 114 Å². The highest BCUT2D eigenvalue weighted by Crippen LogP contribution is 2.27. The van der Waals surface area contributed by atoms with Crippen LogP contribution in [0.5, 0.6) is 0 Å². The summed E-state index contributed by atoms with van der Waals surface area (Å²) in [4.78, 5) is 12.6. The second-order valence-corrected chi connectivity index (χ2v) is 6.06. The number of non-ortho nitro benzene ring substituents is 1. The van der Waals surface area contributed by atoms with E-state index >= 15 is 0 Å². The van der Waals surface area contributed by atoms with Gasteiger partial charge in [0.1, 0.15) is 0 Å². The number of nitro groups is 1. The third-order valence-corrected chi connectivity index (χ3v) is 4.31. The van der Waals surface area contributed by atoms with Crippen molar-refractivity contribution in [3.05, 3.63) is 28.3 Å². The Morgan fingerprint density at radius 1 is 1.37 bits per heavy atom. The van der Waals surface area contributed by atoms with Crippen LogP contribution in [-0.4, -0.2) is 40.3 Å². The van der Waals surface area contributed by atoms with E-state index in [0.717, 1.165) is 11.4 Å². The van der Waals surface area contributed by atoms with Gasteiger partial charge in [0.25, 0.3) is 5.69 Å². The number of hydrogen-bond donors (Lipinski definition) is 1. The molecule has 0 bridgehead atoms. The van der Waals surface area contributed by atoms with Gasteiger partial charge in [-0.3, -0.25) is 14.3 Å². The van der Waals surface area contributed by atoms with Crippen LogP contribution in [0.1, 0.15) is 6.92 Å². The van der Waals surface area contributed by atoms with E-state index in [-0.39, 0.29) is 10.6 Å². The Balaban J connectivity index is 2.27. The molecule has 0 aromatic heterocycles. The van der Waals surface area contributed by atoms with Gasteiger partial charge in [0.15, 0.2) is 0 Å². The van der Waals surface area contributed by atoms with E-state index in [1.165, 1.54) is 6.07 Å². The number of nitro benzene ring substituents is 1. The Bertz CT molecular complexity index is 497. The lowest BCUT2D eigenvalue weighted by atomic mass is 10.2. The third-order valence-electron chi connectivity index (χ3n) is 3.04. The molecule has 1 aliphatic heterocycles. The molecule has 0 saturated carbocycles. The molecule has 0 aliphatic carbocycles. The fourth-order valence-corrected chi connectivity index (χ4v) is 3.14. The number of nitrogens with one attached hydrogen (secondary N) is 1. The molecule has 2 rings (SSSR count). The van der Waals surface area contributed by atoms with Gasteiger partial charge in [-0.25, -0.2) is 0 Å². The van der Waals surface area contributed by atoms with Crippen molar-refractivity contribution in [2.75, 3.05) is 41.4 Å². The maximum Gasteiger partial charge on any atom is 0.273 e. The van der Waals surface area contributed by atoms with Crippen molar-refractivity contribution < 1.29 is 9.13 Å². The Morgan fingerprint density at radius 3 is 2.63 bits per heavy atom. The summed E-state index contributed by atoms with van der Waals surface area (Å²) in [5.41, 5.74) is 1.65. The van der Waals surface area contributed by atoms with Crippen LogP contribution in [0, 0.1) is 10.1 Å². The summed E-state index contributed by atoms with van der Waals surface area (Å²) in [5, 5.41) is 14.1. The van der Waals surface area contributed by atoms with E-state index in [2.05, 4.69) is 10.2 Å². The van der Waals surface area contributed by atoms with Gasteiger partial charge in [-0.1, -0.05) is 0 Å². The molecule has 19 heavy (non-hydrogen) atoms. The summed E-state index contributed by atoms with van der Waals surface area (Å²) in [6, 6.07) is 5.02. The van der Waals surface area contributed by atoms with Crippen LogP contribution in [0.15, 0.2) is 18.2 Å². The molecule has 1 heterocycles. The Morgan fingerprint density at radius 2 is 2.05 bits per heavy atom. The minimum absolute atomic E-state index is 0.0835. The van der Waals surface area contributed by atoms with Crippen molar-refractivity contribution in [1.82, 2.24) is 0 Å². The van der Waals surface area contributed by atoms with E-state index in [4.69, 9.17) is 0 Å². The number of nitrogens with zero attached hydrogens (tertiary/aromatic N) is 2.